The molecule has 0 amide bonds. The highest BCUT2D eigenvalue weighted by molar-refractivity contribution is 6.30. The topological polar surface area (TPSA) is 12.0 Å². The molecule has 1 aromatic rings. The van der Waals surface area contributed by atoms with Gasteiger partial charge < -0.3 is 5.32 Å². The van der Waals surface area contributed by atoms with Crippen LogP contribution in [-0.4, -0.2) is 6.04 Å². The van der Waals surface area contributed by atoms with Crippen molar-refractivity contribution >= 4 is 11.6 Å². The van der Waals surface area contributed by atoms with Gasteiger partial charge in [-0.15, -0.1) is 0 Å². The van der Waals surface area contributed by atoms with Crippen molar-refractivity contribution in [3.63, 3.8) is 0 Å². The fourth-order valence-corrected chi connectivity index (χ4v) is 3.33. The Morgan fingerprint density at radius 3 is 2.53 bits per heavy atom. The molecule has 2 heteroatoms. The highest BCUT2D eigenvalue weighted by Crippen LogP contribution is 2.25. The summed E-state index contributed by atoms with van der Waals surface area (Å²) in [7, 11) is 0. The Balaban J connectivity index is 1.86. The first-order valence-corrected chi connectivity index (χ1v) is 8.03. The molecule has 1 aliphatic rings. The quantitative estimate of drug-likeness (QED) is 0.757. The summed E-state index contributed by atoms with van der Waals surface area (Å²) in [6, 6.07) is 6.80. The molecule has 2 rings (SSSR count). The summed E-state index contributed by atoms with van der Waals surface area (Å²) < 4.78 is 0. The predicted octanol–water partition coefficient (Wildman–Crippen LogP) is 5.10. The first-order valence-electron chi connectivity index (χ1n) is 7.65. The Bertz CT molecular complexity index is 394. The number of benzene rings is 1. The largest absolute Gasteiger partial charge is 0.310 e. The molecule has 1 atom stereocenters. The van der Waals surface area contributed by atoms with E-state index in [0.717, 1.165) is 17.5 Å². The highest BCUT2D eigenvalue weighted by Gasteiger charge is 2.18. The molecule has 0 heterocycles. The lowest BCUT2D eigenvalue weighted by Gasteiger charge is -2.24. The molecule has 106 valence electrons. The minimum absolute atomic E-state index is 0.619. The Morgan fingerprint density at radius 2 is 1.89 bits per heavy atom. The van der Waals surface area contributed by atoms with Crippen LogP contribution in [-0.2, 0) is 6.54 Å². The van der Waals surface area contributed by atoms with Crippen LogP contribution in [0.1, 0.15) is 56.6 Å². The van der Waals surface area contributed by atoms with Gasteiger partial charge in [-0.1, -0.05) is 43.4 Å². The summed E-state index contributed by atoms with van der Waals surface area (Å²) in [6.45, 7) is 5.45. The number of rotatable bonds is 4. The molecule has 1 saturated carbocycles. The fraction of sp³-hybridized carbons (Fsp3) is 0.647. The van der Waals surface area contributed by atoms with Crippen LogP contribution in [0.4, 0.5) is 0 Å². The summed E-state index contributed by atoms with van der Waals surface area (Å²) in [6.07, 6.45) is 8.48. The Hall–Kier alpha value is -0.530. The average molecular weight is 280 g/mol. The number of hydrogen-bond donors (Lipinski definition) is 1. The van der Waals surface area contributed by atoms with Crippen molar-refractivity contribution < 1.29 is 0 Å². The van der Waals surface area contributed by atoms with Gasteiger partial charge in [-0.05, 0) is 55.9 Å². The lowest BCUT2D eigenvalue weighted by molar-refractivity contribution is 0.336. The van der Waals surface area contributed by atoms with Crippen LogP contribution >= 0.6 is 11.6 Å². The van der Waals surface area contributed by atoms with E-state index in [4.69, 9.17) is 11.6 Å². The van der Waals surface area contributed by atoms with Crippen molar-refractivity contribution in [1.82, 2.24) is 5.32 Å². The monoisotopic (exact) mass is 279 g/mol. The van der Waals surface area contributed by atoms with E-state index < -0.39 is 0 Å². The van der Waals surface area contributed by atoms with Crippen molar-refractivity contribution in [1.29, 1.82) is 0 Å². The highest BCUT2D eigenvalue weighted by atomic mass is 35.5. The lowest BCUT2D eigenvalue weighted by atomic mass is 9.93. The van der Waals surface area contributed by atoms with Crippen LogP contribution < -0.4 is 5.32 Å². The van der Waals surface area contributed by atoms with E-state index in [2.05, 4.69) is 31.3 Å². The average Bonchev–Trinajstić information content (AvgIpc) is 2.66. The van der Waals surface area contributed by atoms with Crippen LogP contribution in [0.15, 0.2) is 18.2 Å². The van der Waals surface area contributed by atoms with Crippen LogP contribution in [0.2, 0.25) is 5.02 Å². The predicted molar refractivity (Wildman–Crippen MR) is 83.7 cm³/mol. The second-order valence-corrected chi connectivity index (χ2v) is 6.43. The zero-order valence-electron chi connectivity index (χ0n) is 12.2. The van der Waals surface area contributed by atoms with Crippen LogP contribution in [0.25, 0.3) is 0 Å². The van der Waals surface area contributed by atoms with E-state index in [9.17, 15) is 0 Å². The Labute approximate surface area is 122 Å². The standard InChI is InChI=1S/C17H26ClN/c1-13-11-17(18)10-9-16(13)12-19-14(2)15-7-5-3-4-6-8-15/h9-11,14-15,19H,3-8,12H2,1-2H3/t14-/m0/s1. The van der Waals surface area contributed by atoms with Gasteiger partial charge in [-0.2, -0.15) is 0 Å². The number of nitrogens with one attached hydrogen (secondary N) is 1. The van der Waals surface area contributed by atoms with Gasteiger partial charge in [0.05, 0.1) is 0 Å². The zero-order chi connectivity index (χ0) is 13.7. The van der Waals surface area contributed by atoms with Crippen molar-refractivity contribution in [3.05, 3.63) is 34.3 Å². The normalized spacial score (nSPS) is 19.1. The maximum atomic E-state index is 6.00. The Morgan fingerprint density at radius 1 is 1.21 bits per heavy atom. The van der Waals surface area contributed by atoms with Gasteiger partial charge in [-0.3, -0.25) is 0 Å². The van der Waals surface area contributed by atoms with Gasteiger partial charge in [0.1, 0.15) is 0 Å². The summed E-state index contributed by atoms with van der Waals surface area (Å²) in [4.78, 5) is 0. The van der Waals surface area contributed by atoms with Gasteiger partial charge in [0.15, 0.2) is 0 Å². The van der Waals surface area contributed by atoms with E-state index in [1.165, 1.54) is 49.7 Å². The molecule has 0 aliphatic heterocycles. The molecule has 19 heavy (non-hydrogen) atoms. The number of aryl methyl sites for hydroxylation is 1. The maximum absolute atomic E-state index is 6.00. The minimum Gasteiger partial charge on any atom is -0.310 e. The molecule has 0 saturated heterocycles. The van der Waals surface area contributed by atoms with E-state index in [-0.39, 0.29) is 0 Å². The molecule has 0 unspecified atom stereocenters. The van der Waals surface area contributed by atoms with Crippen LogP contribution in [0, 0.1) is 12.8 Å². The van der Waals surface area contributed by atoms with E-state index in [1.807, 2.05) is 6.07 Å². The SMILES string of the molecule is Cc1cc(Cl)ccc1CN[C@@H](C)C1CCCCCC1. The van der Waals surface area contributed by atoms with Crippen molar-refractivity contribution in [2.75, 3.05) is 0 Å². The molecule has 1 aliphatic carbocycles. The van der Waals surface area contributed by atoms with Crippen molar-refractivity contribution in [2.45, 2.75) is 65.0 Å². The molecular weight excluding hydrogens is 254 g/mol. The third-order valence-electron chi connectivity index (χ3n) is 4.53. The smallest absolute Gasteiger partial charge is 0.0408 e. The second kappa shape index (κ2) is 7.31. The zero-order valence-corrected chi connectivity index (χ0v) is 13.0. The molecule has 1 N–H and O–H groups in total. The summed E-state index contributed by atoms with van der Waals surface area (Å²) >= 11 is 6.00. The van der Waals surface area contributed by atoms with E-state index in [0.29, 0.717) is 6.04 Å². The van der Waals surface area contributed by atoms with Gasteiger partial charge in [0, 0.05) is 17.6 Å². The minimum atomic E-state index is 0.619. The van der Waals surface area contributed by atoms with Crippen molar-refractivity contribution in [2.24, 2.45) is 5.92 Å². The molecule has 1 aromatic carbocycles. The lowest BCUT2D eigenvalue weighted by Crippen LogP contribution is -2.33. The summed E-state index contributed by atoms with van der Waals surface area (Å²) in [5, 5.41) is 4.55. The van der Waals surface area contributed by atoms with Gasteiger partial charge in [-0.25, -0.2) is 0 Å². The second-order valence-electron chi connectivity index (χ2n) is 5.99. The van der Waals surface area contributed by atoms with Crippen molar-refractivity contribution in [3.8, 4) is 0 Å². The molecule has 1 fully saturated rings. The summed E-state index contributed by atoms with van der Waals surface area (Å²) in [5.74, 6) is 0.857. The maximum Gasteiger partial charge on any atom is 0.0408 e. The molecule has 0 bridgehead atoms. The molecule has 0 aromatic heterocycles. The molecule has 1 nitrogen and oxygen atoms in total. The van der Waals surface area contributed by atoms with Crippen LogP contribution in [0.3, 0.4) is 0 Å². The third kappa shape index (κ3) is 4.50. The number of hydrogen-bond acceptors (Lipinski definition) is 1. The molecule has 0 spiro atoms. The van der Waals surface area contributed by atoms with Gasteiger partial charge >= 0.3 is 0 Å². The fourth-order valence-electron chi connectivity index (χ4n) is 3.11. The number of halogens is 1. The van der Waals surface area contributed by atoms with Gasteiger partial charge in [0.25, 0.3) is 0 Å². The molecular formula is C17H26ClN. The van der Waals surface area contributed by atoms with E-state index in [1.54, 1.807) is 0 Å². The first-order chi connectivity index (χ1) is 9.16. The van der Waals surface area contributed by atoms with E-state index >= 15 is 0 Å². The third-order valence-corrected chi connectivity index (χ3v) is 4.76. The van der Waals surface area contributed by atoms with Gasteiger partial charge in [0.2, 0.25) is 0 Å². The summed E-state index contributed by atoms with van der Waals surface area (Å²) in [5.41, 5.74) is 2.65. The first kappa shape index (κ1) is 14.9. The molecule has 0 radical (unpaired) electrons. The van der Waals surface area contributed by atoms with Crippen LogP contribution in [0.5, 0.6) is 0 Å². The Kier molecular flexibility index (Phi) is 5.72.